The Morgan fingerprint density at radius 1 is 1.23 bits per heavy atom. The van der Waals surface area contributed by atoms with E-state index in [1.54, 1.807) is 4.90 Å². The van der Waals surface area contributed by atoms with Crippen LogP contribution in [0.2, 0.25) is 0 Å². The largest absolute Gasteiger partial charge is 0.444 e. The molecule has 0 unspecified atom stereocenters. The lowest BCUT2D eigenvalue weighted by Crippen LogP contribution is -2.52. The van der Waals surface area contributed by atoms with Crippen molar-refractivity contribution < 1.29 is 14.3 Å². The number of carbonyl (C=O) groups excluding carboxylic acids is 1. The quantitative estimate of drug-likeness (QED) is 0.864. The Morgan fingerprint density at radius 2 is 1.88 bits per heavy atom. The summed E-state index contributed by atoms with van der Waals surface area (Å²) in [7, 11) is 0. The molecule has 1 amide bonds. The average molecular weight is 367 g/mol. The van der Waals surface area contributed by atoms with Gasteiger partial charge in [0, 0.05) is 12.3 Å². The second kappa shape index (κ2) is 7.26. The third-order valence-corrected chi connectivity index (χ3v) is 3.80. The van der Waals surface area contributed by atoms with Gasteiger partial charge in [-0.3, -0.25) is 14.3 Å². The van der Waals surface area contributed by atoms with Crippen LogP contribution in [0.1, 0.15) is 54.2 Å². The van der Waals surface area contributed by atoms with Gasteiger partial charge in [0.2, 0.25) is 0 Å². The lowest BCUT2D eigenvalue weighted by atomic mass is 9.88. The highest BCUT2D eigenvalue weighted by atomic mass is 16.6. The van der Waals surface area contributed by atoms with Gasteiger partial charge in [0.1, 0.15) is 5.60 Å². The number of aromatic nitrogens is 2. The molecule has 8 heteroatoms. The fourth-order valence-corrected chi connectivity index (χ4v) is 2.90. The van der Waals surface area contributed by atoms with Crippen LogP contribution in [0, 0.1) is 5.41 Å². The van der Waals surface area contributed by atoms with Gasteiger partial charge in [-0.15, -0.1) is 0 Å². The molecule has 1 N–H and O–H groups in total. The number of hydrogen-bond acceptors (Lipinski definition) is 5. The Balaban J connectivity index is 2.28. The van der Waals surface area contributed by atoms with Crippen molar-refractivity contribution >= 4 is 6.09 Å². The first-order chi connectivity index (χ1) is 11.8. The van der Waals surface area contributed by atoms with Crippen molar-refractivity contribution in [3.63, 3.8) is 0 Å². The van der Waals surface area contributed by atoms with E-state index in [4.69, 9.17) is 9.47 Å². The molecular weight excluding hydrogens is 338 g/mol. The summed E-state index contributed by atoms with van der Waals surface area (Å²) in [6.07, 6.45) is 0.717. The first kappa shape index (κ1) is 20.2. The fraction of sp³-hybridized carbons (Fsp3) is 0.722. The second-order valence-electron chi connectivity index (χ2n) is 8.88. The maximum Gasteiger partial charge on any atom is 0.410 e. The van der Waals surface area contributed by atoms with Gasteiger partial charge in [-0.05, 0) is 32.6 Å². The van der Waals surface area contributed by atoms with Crippen molar-refractivity contribution in [3.05, 3.63) is 33.1 Å². The molecule has 2 heterocycles. The van der Waals surface area contributed by atoms with Crippen molar-refractivity contribution in [2.45, 2.75) is 65.9 Å². The van der Waals surface area contributed by atoms with Crippen LogP contribution in [0.3, 0.4) is 0 Å². The number of carbonyl (C=O) groups is 1. The van der Waals surface area contributed by atoms with Crippen molar-refractivity contribution in [2.75, 3.05) is 13.1 Å². The molecule has 26 heavy (non-hydrogen) atoms. The van der Waals surface area contributed by atoms with E-state index in [1.807, 2.05) is 20.8 Å². The predicted octanol–water partition coefficient (Wildman–Crippen LogP) is 2.11. The van der Waals surface area contributed by atoms with E-state index in [1.165, 1.54) is 16.8 Å². The molecule has 0 aromatic carbocycles. The van der Waals surface area contributed by atoms with Crippen LogP contribution < -0.4 is 11.2 Å². The minimum Gasteiger partial charge on any atom is -0.444 e. The first-order valence-electron chi connectivity index (χ1n) is 8.79. The van der Waals surface area contributed by atoms with Gasteiger partial charge in [-0.1, -0.05) is 20.8 Å². The number of nitrogens with one attached hydrogen (secondary N) is 1. The summed E-state index contributed by atoms with van der Waals surface area (Å²) in [5, 5.41) is 0. The lowest BCUT2D eigenvalue weighted by Gasteiger charge is -2.40. The van der Waals surface area contributed by atoms with E-state index in [-0.39, 0.29) is 18.1 Å². The molecule has 1 aromatic heterocycles. The summed E-state index contributed by atoms with van der Waals surface area (Å²) in [5.41, 5.74) is -1.67. The second-order valence-corrected chi connectivity index (χ2v) is 8.88. The highest BCUT2D eigenvalue weighted by Crippen LogP contribution is 2.29. The number of hydrogen-bond donors (Lipinski definition) is 1. The van der Waals surface area contributed by atoms with E-state index in [9.17, 15) is 14.4 Å². The standard InChI is InChI=1S/C18H29N3O5/c1-17(2,3)9-12-10-20(16(24)26-18(4,5)6)11-14(25-12)21-8-7-13(22)19-15(21)23/h7-8,12,14H,9-11H2,1-6H3,(H,19,22,23)/t12-,14-/m1/s1. The molecule has 2 atom stereocenters. The van der Waals surface area contributed by atoms with E-state index in [0.29, 0.717) is 13.0 Å². The number of amides is 1. The van der Waals surface area contributed by atoms with Gasteiger partial charge >= 0.3 is 11.8 Å². The van der Waals surface area contributed by atoms with Crippen molar-refractivity contribution in [3.8, 4) is 0 Å². The third-order valence-electron chi connectivity index (χ3n) is 3.80. The predicted molar refractivity (Wildman–Crippen MR) is 97.1 cm³/mol. The van der Waals surface area contributed by atoms with E-state index in [0.717, 1.165) is 0 Å². The zero-order valence-corrected chi connectivity index (χ0v) is 16.4. The van der Waals surface area contributed by atoms with Crippen LogP contribution in [0.25, 0.3) is 0 Å². The number of nitrogens with zero attached hydrogens (tertiary/aromatic N) is 2. The Labute approximate surface area is 153 Å². The van der Waals surface area contributed by atoms with Crippen LogP contribution in [-0.2, 0) is 9.47 Å². The summed E-state index contributed by atoms with van der Waals surface area (Å²) in [5.74, 6) is 0. The van der Waals surface area contributed by atoms with E-state index < -0.39 is 29.2 Å². The van der Waals surface area contributed by atoms with Crippen molar-refractivity contribution in [2.24, 2.45) is 5.41 Å². The Bertz CT molecular complexity index is 754. The third kappa shape index (κ3) is 5.72. The molecule has 8 nitrogen and oxygen atoms in total. The van der Waals surface area contributed by atoms with Gasteiger partial charge in [0.05, 0.1) is 19.2 Å². The summed E-state index contributed by atoms with van der Waals surface area (Å²) >= 11 is 0. The molecular formula is C18H29N3O5. The van der Waals surface area contributed by atoms with Gasteiger partial charge in [0.25, 0.3) is 5.56 Å². The molecule has 2 rings (SSSR count). The van der Waals surface area contributed by atoms with Gasteiger partial charge in [-0.25, -0.2) is 9.59 Å². The number of ether oxygens (including phenoxy) is 2. The number of morpholine rings is 1. The molecule has 1 saturated heterocycles. The van der Waals surface area contributed by atoms with Crippen molar-refractivity contribution in [1.29, 1.82) is 0 Å². The lowest BCUT2D eigenvalue weighted by molar-refractivity contribution is -0.130. The van der Waals surface area contributed by atoms with Gasteiger partial charge < -0.3 is 14.4 Å². The Morgan fingerprint density at radius 3 is 2.42 bits per heavy atom. The zero-order valence-electron chi connectivity index (χ0n) is 16.4. The highest BCUT2D eigenvalue weighted by molar-refractivity contribution is 5.68. The SMILES string of the molecule is CC(C)(C)C[C@@H]1CN(C(=O)OC(C)(C)C)C[C@H](n2ccc(=O)[nH]c2=O)O1. The molecule has 0 radical (unpaired) electrons. The minimum absolute atomic E-state index is 0.0118. The topological polar surface area (TPSA) is 93.6 Å². The molecule has 1 aliphatic heterocycles. The summed E-state index contributed by atoms with van der Waals surface area (Å²) < 4.78 is 12.8. The smallest absolute Gasteiger partial charge is 0.410 e. The maximum atomic E-state index is 12.5. The van der Waals surface area contributed by atoms with Crippen LogP contribution in [0.15, 0.2) is 21.9 Å². The first-order valence-corrected chi connectivity index (χ1v) is 8.79. The molecule has 1 fully saturated rings. The number of H-pyrrole nitrogens is 1. The Kier molecular flexibility index (Phi) is 5.65. The van der Waals surface area contributed by atoms with Crippen LogP contribution in [-0.4, -0.2) is 45.3 Å². The molecule has 0 saturated carbocycles. The molecule has 0 bridgehead atoms. The zero-order chi connectivity index (χ0) is 19.7. The number of rotatable bonds is 2. The summed E-state index contributed by atoms with van der Waals surface area (Å²) in [6.45, 7) is 12.2. The van der Waals surface area contributed by atoms with Crippen LogP contribution in [0.4, 0.5) is 4.79 Å². The molecule has 0 aliphatic carbocycles. The molecule has 0 spiro atoms. The van der Waals surface area contributed by atoms with Gasteiger partial charge in [-0.2, -0.15) is 0 Å². The maximum absolute atomic E-state index is 12.5. The van der Waals surface area contributed by atoms with Crippen LogP contribution in [0.5, 0.6) is 0 Å². The summed E-state index contributed by atoms with van der Waals surface area (Å²) in [6, 6.07) is 1.26. The summed E-state index contributed by atoms with van der Waals surface area (Å²) in [4.78, 5) is 39.8. The monoisotopic (exact) mass is 367 g/mol. The minimum atomic E-state index is -0.687. The Hall–Kier alpha value is -2.09. The fourth-order valence-electron chi connectivity index (χ4n) is 2.90. The molecule has 1 aromatic rings. The highest BCUT2D eigenvalue weighted by Gasteiger charge is 2.35. The normalized spacial score (nSPS) is 21.5. The van der Waals surface area contributed by atoms with Crippen LogP contribution >= 0.6 is 0 Å². The van der Waals surface area contributed by atoms with Crippen molar-refractivity contribution in [1.82, 2.24) is 14.5 Å². The molecule has 146 valence electrons. The number of aromatic amines is 1. The average Bonchev–Trinajstić information content (AvgIpc) is 2.43. The molecule has 1 aliphatic rings. The van der Waals surface area contributed by atoms with Gasteiger partial charge in [0.15, 0.2) is 6.23 Å². The van der Waals surface area contributed by atoms with E-state index >= 15 is 0 Å². The van der Waals surface area contributed by atoms with E-state index in [2.05, 4.69) is 25.8 Å².